The largest absolute Gasteiger partial charge is 0.496 e. The lowest BCUT2D eigenvalue weighted by Gasteiger charge is -2.16. The highest BCUT2D eigenvalue weighted by atomic mass is 32.1. The van der Waals surface area contributed by atoms with Gasteiger partial charge in [-0.15, -0.1) is 11.3 Å². The van der Waals surface area contributed by atoms with Crippen LogP contribution in [0.1, 0.15) is 17.3 Å². The van der Waals surface area contributed by atoms with Crippen LogP contribution in [-0.4, -0.2) is 29.7 Å². The van der Waals surface area contributed by atoms with Crippen molar-refractivity contribution in [2.24, 2.45) is 0 Å². The number of nitrogens with zero attached hydrogens (tertiary/aromatic N) is 1. The maximum absolute atomic E-state index is 12.3. The van der Waals surface area contributed by atoms with Crippen LogP contribution in [-0.2, 0) is 11.2 Å². The Labute approximate surface area is 156 Å². The van der Waals surface area contributed by atoms with E-state index in [9.17, 15) is 9.90 Å². The number of aliphatic hydroxyl groups is 1. The number of amides is 1. The Hall–Kier alpha value is -2.70. The molecule has 26 heavy (non-hydrogen) atoms. The van der Waals surface area contributed by atoms with Crippen molar-refractivity contribution in [1.82, 2.24) is 10.3 Å². The number of hydrogen-bond donors (Lipinski definition) is 2. The van der Waals surface area contributed by atoms with Crippen LogP contribution in [0, 0.1) is 0 Å². The summed E-state index contributed by atoms with van der Waals surface area (Å²) in [6.45, 7) is -0.153. The van der Waals surface area contributed by atoms with Gasteiger partial charge in [0.25, 0.3) is 0 Å². The number of methoxy groups -OCH3 is 1. The minimum atomic E-state index is -0.420. The third kappa shape index (κ3) is 4.28. The monoisotopic (exact) mass is 368 g/mol. The van der Waals surface area contributed by atoms with Gasteiger partial charge in [0.15, 0.2) is 0 Å². The fraction of sp³-hybridized carbons (Fsp3) is 0.200. The normalized spacial score (nSPS) is 11.8. The van der Waals surface area contributed by atoms with Crippen molar-refractivity contribution in [3.8, 4) is 16.3 Å². The van der Waals surface area contributed by atoms with Crippen molar-refractivity contribution in [3.63, 3.8) is 0 Å². The van der Waals surface area contributed by atoms with Gasteiger partial charge < -0.3 is 15.2 Å². The van der Waals surface area contributed by atoms with Gasteiger partial charge in [0.05, 0.1) is 37.4 Å². The van der Waals surface area contributed by atoms with Crippen LogP contribution in [0.25, 0.3) is 10.6 Å². The van der Waals surface area contributed by atoms with Gasteiger partial charge in [-0.05, 0) is 17.7 Å². The standard InChI is InChI=1S/C20H20N2O3S/c1-25-18-10-6-5-9-16(18)20-21-15(13-26-20)11-19(24)22-17(12-23)14-7-3-2-4-8-14/h2-10,13,17,23H,11-12H2,1H3,(H,22,24)/t17-/m0/s1. The molecule has 3 rings (SSSR count). The molecule has 0 unspecified atom stereocenters. The maximum Gasteiger partial charge on any atom is 0.226 e. The molecular formula is C20H20N2O3S. The van der Waals surface area contributed by atoms with Crippen LogP contribution in [0.5, 0.6) is 5.75 Å². The smallest absolute Gasteiger partial charge is 0.226 e. The molecular weight excluding hydrogens is 348 g/mol. The fourth-order valence-electron chi connectivity index (χ4n) is 2.66. The highest BCUT2D eigenvalue weighted by molar-refractivity contribution is 7.13. The molecule has 5 nitrogen and oxygen atoms in total. The lowest BCUT2D eigenvalue weighted by atomic mass is 10.1. The first-order chi connectivity index (χ1) is 12.7. The van der Waals surface area contributed by atoms with Gasteiger partial charge in [-0.3, -0.25) is 4.79 Å². The summed E-state index contributed by atoms with van der Waals surface area (Å²) in [5, 5.41) is 15.1. The molecule has 0 bridgehead atoms. The number of benzene rings is 2. The van der Waals surface area contributed by atoms with Gasteiger partial charge in [0.1, 0.15) is 10.8 Å². The zero-order chi connectivity index (χ0) is 18.4. The molecule has 0 fully saturated rings. The quantitative estimate of drug-likeness (QED) is 0.672. The van der Waals surface area contributed by atoms with Gasteiger partial charge in [0.2, 0.25) is 5.91 Å². The summed E-state index contributed by atoms with van der Waals surface area (Å²) >= 11 is 1.47. The molecule has 0 aliphatic carbocycles. The van der Waals surface area contributed by atoms with Crippen molar-refractivity contribution >= 4 is 17.2 Å². The van der Waals surface area contributed by atoms with Gasteiger partial charge in [-0.25, -0.2) is 4.98 Å². The minimum Gasteiger partial charge on any atom is -0.496 e. The van der Waals surface area contributed by atoms with Gasteiger partial charge in [-0.1, -0.05) is 42.5 Å². The molecule has 0 saturated heterocycles. The zero-order valence-electron chi connectivity index (χ0n) is 14.4. The number of hydrogen-bond acceptors (Lipinski definition) is 5. The van der Waals surface area contributed by atoms with Crippen LogP contribution in [0.15, 0.2) is 60.0 Å². The molecule has 1 amide bonds. The molecule has 0 spiro atoms. The molecule has 3 aromatic rings. The van der Waals surface area contributed by atoms with E-state index in [1.807, 2.05) is 60.0 Å². The summed E-state index contributed by atoms with van der Waals surface area (Å²) in [4.78, 5) is 16.9. The number of para-hydroxylation sites is 1. The Bertz CT molecular complexity index is 864. The molecule has 1 heterocycles. The number of carbonyl (C=O) groups excluding carboxylic acids is 1. The van der Waals surface area contributed by atoms with E-state index in [1.165, 1.54) is 11.3 Å². The third-order valence-corrected chi connectivity index (χ3v) is 4.87. The second-order valence-electron chi connectivity index (χ2n) is 5.73. The van der Waals surface area contributed by atoms with E-state index >= 15 is 0 Å². The Morgan fingerprint density at radius 3 is 2.65 bits per heavy atom. The molecule has 2 N–H and O–H groups in total. The summed E-state index contributed by atoms with van der Waals surface area (Å²) in [7, 11) is 1.62. The average Bonchev–Trinajstić information content (AvgIpc) is 3.15. The maximum atomic E-state index is 12.3. The Morgan fingerprint density at radius 1 is 1.19 bits per heavy atom. The fourth-order valence-corrected chi connectivity index (χ4v) is 3.51. The Morgan fingerprint density at radius 2 is 1.92 bits per heavy atom. The minimum absolute atomic E-state index is 0.153. The van der Waals surface area contributed by atoms with Crippen molar-refractivity contribution in [2.75, 3.05) is 13.7 Å². The van der Waals surface area contributed by atoms with Crippen molar-refractivity contribution in [3.05, 3.63) is 71.2 Å². The van der Waals surface area contributed by atoms with Gasteiger partial charge >= 0.3 is 0 Å². The first kappa shape index (κ1) is 18.1. The first-order valence-electron chi connectivity index (χ1n) is 8.24. The molecule has 1 aromatic heterocycles. The summed E-state index contributed by atoms with van der Waals surface area (Å²) in [6, 6.07) is 16.7. The number of carbonyl (C=O) groups is 1. The molecule has 0 aliphatic heterocycles. The van der Waals surface area contributed by atoms with Crippen molar-refractivity contribution in [2.45, 2.75) is 12.5 Å². The number of ether oxygens (including phenoxy) is 1. The lowest BCUT2D eigenvalue weighted by Crippen LogP contribution is -2.32. The second-order valence-corrected chi connectivity index (χ2v) is 6.59. The topological polar surface area (TPSA) is 71.5 Å². The second kappa shape index (κ2) is 8.60. The third-order valence-electron chi connectivity index (χ3n) is 3.95. The van der Waals surface area contributed by atoms with Crippen LogP contribution in [0.2, 0.25) is 0 Å². The van der Waals surface area contributed by atoms with Crippen molar-refractivity contribution in [1.29, 1.82) is 0 Å². The highest BCUT2D eigenvalue weighted by Crippen LogP contribution is 2.31. The Kier molecular flexibility index (Phi) is 5.99. The average molecular weight is 368 g/mol. The Balaban J connectivity index is 1.68. The van der Waals surface area contributed by atoms with Crippen LogP contribution in [0.3, 0.4) is 0 Å². The van der Waals surface area contributed by atoms with Gasteiger partial charge in [0, 0.05) is 5.38 Å². The molecule has 1 atom stereocenters. The first-order valence-corrected chi connectivity index (χ1v) is 9.12. The van der Waals surface area contributed by atoms with E-state index in [0.29, 0.717) is 5.69 Å². The number of nitrogens with one attached hydrogen (secondary N) is 1. The number of thiazole rings is 1. The molecule has 2 aromatic carbocycles. The van der Waals surface area contributed by atoms with Crippen molar-refractivity contribution < 1.29 is 14.6 Å². The highest BCUT2D eigenvalue weighted by Gasteiger charge is 2.16. The predicted molar refractivity (Wildman–Crippen MR) is 102 cm³/mol. The molecule has 0 aliphatic rings. The van der Waals surface area contributed by atoms with E-state index in [4.69, 9.17) is 4.74 Å². The van der Waals surface area contributed by atoms with Gasteiger partial charge in [-0.2, -0.15) is 0 Å². The molecule has 134 valence electrons. The van der Waals surface area contributed by atoms with E-state index in [2.05, 4.69) is 10.3 Å². The van der Waals surface area contributed by atoms with E-state index in [1.54, 1.807) is 7.11 Å². The molecule has 6 heteroatoms. The van der Waals surface area contributed by atoms with Crippen LogP contribution < -0.4 is 10.1 Å². The van der Waals surface area contributed by atoms with E-state index in [0.717, 1.165) is 21.9 Å². The summed E-state index contributed by atoms with van der Waals surface area (Å²) < 4.78 is 5.37. The summed E-state index contributed by atoms with van der Waals surface area (Å²) in [5.41, 5.74) is 2.47. The number of rotatable bonds is 7. The van der Waals surface area contributed by atoms with Crippen LogP contribution >= 0.6 is 11.3 Å². The zero-order valence-corrected chi connectivity index (χ0v) is 15.2. The SMILES string of the molecule is COc1ccccc1-c1nc(CC(=O)N[C@@H](CO)c2ccccc2)cs1. The number of aliphatic hydroxyl groups excluding tert-OH is 1. The predicted octanol–water partition coefficient (Wildman–Crippen LogP) is 3.21. The molecule has 0 saturated carbocycles. The number of aromatic nitrogens is 1. The van der Waals surface area contributed by atoms with Crippen LogP contribution in [0.4, 0.5) is 0 Å². The van der Waals surface area contributed by atoms with E-state index in [-0.39, 0.29) is 18.9 Å². The van der Waals surface area contributed by atoms with E-state index < -0.39 is 6.04 Å². The lowest BCUT2D eigenvalue weighted by molar-refractivity contribution is -0.121. The summed E-state index contributed by atoms with van der Waals surface area (Å²) in [6.07, 6.45) is 0.162. The summed E-state index contributed by atoms with van der Waals surface area (Å²) in [5.74, 6) is 0.576. The molecule has 0 radical (unpaired) electrons.